The molecule has 1 aliphatic rings. The summed E-state index contributed by atoms with van der Waals surface area (Å²) in [6.45, 7) is 5.72. The van der Waals surface area contributed by atoms with Crippen molar-refractivity contribution in [1.82, 2.24) is 14.7 Å². The first-order valence-corrected chi connectivity index (χ1v) is 10.7. The van der Waals surface area contributed by atoms with Crippen molar-refractivity contribution >= 4 is 21.7 Å². The van der Waals surface area contributed by atoms with E-state index in [0.717, 1.165) is 24.2 Å². The molecular formula is C17H27N3O5S. The second kappa shape index (κ2) is 8.66. The molecule has 0 N–H and O–H groups in total. The lowest BCUT2D eigenvalue weighted by Gasteiger charge is -2.28. The molecule has 1 aromatic heterocycles. The highest BCUT2D eigenvalue weighted by Crippen LogP contribution is 2.18. The molecule has 1 aliphatic heterocycles. The predicted octanol–water partition coefficient (Wildman–Crippen LogP) is 0.859. The standard InChI is InChI=1S/C17H27N3O5S/c1-4-5-7-19(15-6-8-26(23,24)12-15)16(21)11-25-17(22)10-20-14(3)9-13(2)18-20/h9,15H,4-8,10-12H2,1-3H3. The Morgan fingerprint density at radius 2 is 2.12 bits per heavy atom. The van der Waals surface area contributed by atoms with Gasteiger partial charge >= 0.3 is 5.97 Å². The van der Waals surface area contributed by atoms with Crippen LogP contribution in [0.5, 0.6) is 0 Å². The molecule has 1 amide bonds. The van der Waals surface area contributed by atoms with Crippen molar-refractivity contribution in [3.63, 3.8) is 0 Å². The van der Waals surface area contributed by atoms with Gasteiger partial charge in [0.05, 0.1) is 17.2 Å². The number of carbonyl (C=O) groups excluding carboxylic acids is 2. The zero-order chi connectivity index (χ0) is 19.3. The number of amides is 1. The van der Waals surface area contributed by atoms with E-state index in [1.165, 1.54) is 4.68 Å². The van der Waals surface area contributed by atoms with Crippen molar-refractivity contribution in [3.8, 4) is 0 Å². The fraction of sp³-hybridized carbons (Fsp3) is 0.706. The van der Waals surface area contributed by atoms with Gasteiger partial charge in [-0.05, 0) is 32.8 Å². The van der Waals surface area contributed by atoms with E-state index in [1.807, 2.05) is 26.8 Å². The van der Waals surface area contributed by atoms with Crippen LogP contribution < -0.4 is 0 Å². The van der Waals surface area contributed by atoms with Gasteiger partial charge in [-0.15, -0.1) is 0 Å². The van der Waals surface area contributed by atoms with E-state index in [4.69, 9.17) is 4.74 Å². The number of nitrogens with zero attached hydrogens (tertiary/aromatic N) is 3. The van der Waals surface area contributed by atoms with Crippen molar-refractivity contribution in [1.29, 1.82) is 0 Å². The highest BCUT2D eigenvalue weighted by molar-refractivity contribution is 7.91. The van der Waals surface area contributed by atoms with Crippen LogP contribution in [0.15, 0.2) is 6.07 Å². The maximum Gasteiger partial charge on any atom is 0.328 e. The van der Waals surface area contributed by atoms with Crippen LogP contribution in [-0.2, 0) is 30.7 Å². The van der Waals surface area contributed by atoms with E-state index in [0.29, 0.717) is 13.0 Å². The molecule has 2 rings (SSSR count). The van der Waals surface area contributed by atoms with Crippen LogP contribution >= 0.6 is 0 Å². The van der Waals surface area contributed by atoms with E-state index in [9.17, 15) is 18.0 Å². The lowest BCUT2D eigenvalue weighted by molar-refractivity contribution is -0.153. The molecule has 0 saturated carbocycles. The van der Waals surface area contributed by atoms with Crippen LogP contribution in [0.2, 0.25) is 0 Å². The van der Waals surface area contributed by atoms with Crippen molar-refractivity contribution in [2.24, 2.45) is 0 Å². The van der Waals surface area contributed by atoms with Gasteiger partial charge in [-0.3, -0.25) is 14.3 Å². The average Bonchev–Trinajstić information content (AvgIpc) is 3.07. The number of aryl methyl sites for hydroxylation is 2. The second-order valence-electron chi connectivity index (χ2n) is 6.74. The smallest absolute Gasteiger partial charge is 0.328 e. The van der Waals surface area contributed by atoms with Gasteiger partial charge in [0.2, 0.25) is 0 Å². The third-order valence-corrected chi connectivity index (χ3v) is 6.21. The number of ether oxygens (including phenoxy) is 1. The molecule has 9 heteroatoms. The van der Waals surface area contributed by atoms with E-state index >= 15 is 0 Å². The minimum absolute atomic E-state index is 0.0117. The van der Waals surface area contributed by atoms with Gasteiger partial charge in [0.1, 0.15) is 6.54 Å². The molecule has 1 aromatic rings. The monoisotopic (exact) mass is 385 g/mol. The third kappa shape index (κ3) is 5.55. The maximum absolute atomic E-state index is 12.5. The Bertz CT molecular complexity index is 756. The molecular weight excluding hydrogens is 358 g/mol. The van der Waals surface area contributed by atoms with Gasteiger partial charge in [-0.2, -0.15) is 5.10 Å². The Kier molecular flexibility index (Phi) is 6.80. The minimum atomic E-state index is -3.09. The first kappa shape index (κ1) is 20.4. The number of carbonyl (C=O) groups is 2. The largest absolute Gasteiger partial charge is 0.454 e. The van der Waals surface area contributed by atoms with Crippen molar-refractivity contribution in [2.75, 3.05) is 24.7 Å². The summed E-state index contributed by atoms with van der Waals surface area (Å²) in [4.78, 5) is 26.1. The summed E-state index contributed by atoms with van der Waals surface area (Å²) < 4.78 is 30.1. The van der Waals surface area contributed by atoms with Crippen molar-refractivity contribution in [2.45, 2.75) is 52.6 Å². The fourth-order valence-corrected chi connectivity index (χ4v) is 4.82. The summed E-state index contributed by atoms with van der Waals surface area (Å²) in [7, 11) is -3.09. The molecule has 0 bridgehead atoms. The van der Waals surface area contributed by atoms with Crippen molar-refractivity contribution < 1.29 is 22.7 Å². The van der Waals surface area contributed by atoms with Crippen LogP contribution in [0.4, 0.5) is 0 Å². The molecule has 0 aliphatic carbocycles. The fourth-order valence-electron chi connectivity index (χ4n) is 3.09. The van der Waals surface area contributed by atoms with Gasteiger partial charge in [-0.1, -0.05) is 13.3 Å². The number of unbranched alkanes of at least 4 members (excludes halogenated alkanes) is 1. The normalized spacial score (nSPS) is 18.7. The highest BCUT2D eigenvalue weighted by Gasteiger charge is 2.34. The molecule has 1 unspecified atom stereocenters. The lowest BCUT2D eigenvalue weighted by atomic mass is 10.2. The lowest BCUT2D eigenvalue weighted by Crippen LogP contribution is -2.44. The zero-order valence-corrected chi connectivity index (χ0v) is 16.4. The summed E-state index contributed by atoms with van der Waals surface area (Å²) >= 11 is 0. The number of hydrogen-bond donors (Lipinski definition) is 0. The second-order valence-corrected chi connectivity index (χ2v) is 8.97. The van der Waals surface area contributed by atoms with Crippen LogP contribution in [0, 0.1) is 13.8 Å². The molecule has 26 heavy (non-hydrogen) atoms. The molecule has 0 radical (unpaired) electrons. The number of sulfone groups is 1. The summed E-state index contributed by atoms with van der Waals surface area (Å²) in [6.07, 6.45) is 2.11. The molecule has 1 atom stereocenters. The molecule has 8 nitrogen and oxygen atoms in total. The number of aromatic nitrogens is 2. The Morgan fingerprint density at radius 1 is 1.38 bits per heavy atom. The Balaban J connectivity index is 1.91. The van der Waals surface area contributed by atoms with Gasteiger partial charge < -0.3 is 9.64 Å². The van der Waals surface area contributed by atoms with Gasteiger partial charge in [0, 0.05) is 18.3 Å². The Labute approximate surface area is 154 Å². The number of rotatable bonds is 8. The molecule has 1 saturated heterocycles. The maximum atomic E-state index is 12.5. The van der Waals surface area contributed by atoms with Gasteiger partial charge in [0.15, 0.2) is 16.4 Å². The minimum Gasteiger partial charge on any atom is -0.454 e. The van der Waals surface area contributed by atoms with E-state index in [1.54, 1.807) is 4.90 Å². The summed E-state index contributed by atoms with van der Waals surface area (Å²) in [6, 6.07) is 1.53. The molecule has 0 aromatic carbocycles. The Morgan fingerprint density at radius 3 is 2.65 bits per heavy atom. The summed E-state index contributed by atoms with van der Waals surface area (Å²) in [5.41, 5.74) is 1.64. The quantitative estimate of drug-likeness (QED) is 0.616. The van der Waals surface area contributed by atoms with Crippen LogP contribution in [-0.4, -0.2) is 65.7 Å². The first-order chi connectivity index (χ1) is 12.2. The summed E-state index contributed by atoms with van der Waals surface area (Å²) in [5.74, 6) is -0.797. The average molecular weight is 385 g/mol. The van der Waals surface area contributed by atoms with Crippen LogP contribution in [0.1, 0.15) is 37.6 Å². The Hall–Kier alpha value is -1.90. The van der Waals surface area contributed by atoms with Crippen LogP contribution in [0.25, 0.3) is 0 Å². The van der Waals surface area contributed by atoms with Gasteiger partial charge in [0.25, 0.3) is 5.91 Å². The SMILES string of the molecule is CCCCN(C(=O)COC(=O)Cn1nc(C)cc1C)C1CCS(=O)(=O)C1. The van der Waals surface area contributed by atoms with Gasteiger partial charge in [-0.25, -0.2) is 8.42 Å². The van der Waals surface area contributed by atoms with Crippen molar-refractivity contribution in [3.05, 3.63) is 17.5 Å². The third-order valence-electron chi connectivity index (χ3n) is 4.46. The topological polar surface area (TPSA) is 98.6 Å². The predicted molar refractivity (Wildman–Crippen MR) is 96.3 cm³/mol. The van der Waals surface area contributed by atoms with Crippen LogP contribution in [0.3, 0.4) is 0 Å². The highest BCUT2D eigenvalue weighted by atomic mass is 32.2. The first-order valence-electron chi connectivity index (χ1n) is 8.88. The van der Waals surface area contributed by atoms with E-state index in [2.05, 4.69) is 5.10 Å². The molecule has 2 heterocycles. The summed E-state index contributed by atoms with van der Waals surface area (Å²) in [5, 5.41) is 4.19. The van der Waals surface area contributed by atoms with E-state index < -0.39 is 15.8 Å². The number of esters is 1. The van der Waals surface area contributed by atoms with E-state index in [-0.39, 0.29) is 36.6 Å². The molecule has 1 fully saturated rings. The number of hydrogen-bond acceptors (Lipinski definition) is 6. The molecule has 0 spiro atoms. The zero-order valence-electron chi connectivity index (χ0n) is 15.6. The molecule has 146 valence electrons.